The number of nitrogens with one attached hydrogen (secondary N) is 2. The second kappa shape index (κ2) is 7.61. The first-order valence-corrected chi connectivity index (χ1v) is 7.14. The zero-order chi connectivity index (χ0) is 16.8. The van der Waals surface area contributed by atoms with Gasteiger partial charge in [-0.2, -0.15) is 5.10 Å². The number of rotatable bonds is 4. The summed E-state index contributed by atoms with van der Waals surface area (Å²) in [6, 6.07) is 10.5. The molecule has 0 unspecified atom stereocenters. The Morgan fingerprint density at radius 2 is 1.87 bits per heavy atom. The standard InChI is InChI=1S/C15H11BrFN3O3/c16-12-4-2-1-3-10(12)14(21)19-18-8-9-5-6-11(13(17)7-9)15(22)20-23/h1-8,23H,(H,19,21)(H,20,22)/b18-8+. The molecule has 0 aromatic heterocycles. The van der Waals surface area contributed by atoms with Crippen LogP contribution in [0.3, 0.4) is 0 Å². The number of benzene rings is 2. The lowest BCUT2D eigenvalue weighted by atomic mass is 10.1. The van der Waals surface area contributed by atoms with Crippen molar-refractivity contribution in [1.29, 1.82) is 0 Å². The van der Waals surface area contributed by atoms with Gasteiger partial charge in [0.2, 0.25) is 0 Å². The SMILES string of the molecule is O=C(NO)c1ccc(/C=N/NC(=O)c2ccccc2Br)cc1F. The van der Waals surface area contributed by atoms with E-state index in [9.17, 15) is 14.0 Å². The van der Waals surface area contributed by atoms with Gasteiger partial charge in [-0.25, -0.2) is 15.3 Å². The Morgan fingerprint density at radius 3 is 2.52 bits per heavy atom. The molecule has 8 heteroatoms. The fourth-order valence-electron chi connectivity index (χ4n) is 1.73. The van der Waals surface area contributed by atoms with Gasteiger partial charge in [0.05, 0.1) is 17.3 Å². The van der Waals surface area contributed by atoms with Crippen LogP contribution >= 0.6 is 15.9 Å². The van der Waals surface area contributed by atoms with Crippen molar-refractivity contribution in [2.45, 2.75) is 0 Å². The predicted molar refractivity (Wildman–Crippen MR) is 84.9 cm³/mol. The number of carbonyl (C=O) groups is 2. The van der Waals surface area contributed by atoms with Gasteiger partial charge in [-0.1, -0.05) is 18.2 Å². The van der Waals surface area contributed by atoms with Crippen molar-refractivity contribution in [3.05, 3.63) is 69.4 Å². The number of carbonyl (C=O) groups excluding carboxylic acids is 2. The number of nitrogens with zero attached hydrogens (tertiary/aromatic N) is 1. The van der Waals surface area contributed by atoms with E-state index in [1.807, 2.05) is 0 Å². The highest BCUT2D eigenvalue weighted by Crippen LogP contribution is 2.15. The molecule has 2 aromatic rings. The average Bonchev–Trinajstić information content (AvgIpc) is 2.54. The molecular formula is C15H11BrFN3O3. The van der Waals surface area contributed by atoms with E-state index in [2.05, 4.69) is 26.5 Å². The molecule has 0 fully saturated rings. The highest BCUT2D eigenvalue weighted by Gasteiger charge is 2.11. The molecule has 118 valence electrons. The van der Waals surface area contributed by atoms with Gasteiger partial charge in [-0.05, 0) is 45.8 Å². The van der Waals surface area contributed by atoms with Crippen LogP contribution in [0.25, 0.3) is 0 Å². The summed E-state index contributed by atoms with van der Waals surface area (Å²) in [6.45, 7) is 0. The zero-order valence-corrected chi connectivity index (χ0v) is 13.2. The molecule has 2 rings (SSSR count). The lowest BCUT2D eigenvalue weighted by Crippen LogP contribution is -2.20. The molecule has 2 aromatic carbocycles. The zero-order valence-electron chi connectivity index (χ0n) is 11.6. The van der Waals surface area contributed by atoms with E-state index in [0.29, 0.717) is 15.6 Å². The lowest BCUT2D eigenvalue weighted by Gasteiger charge is -2.03. The summed E-state index contributed by atoms with van der Waals surface area (Å²) in [5.74, 6) is -2.20. The van der Waals surface area contributed by atoms with Crippen LogP contribution in [0.15, 0.2) is 52.0 Å². The molecule has 2 amide bonds. The van der Waals surface area contributed by atoms with E-state index in [1.165, 1.54) is 23.8 Å². The number of hydrogen-bond acceptors (Lipinski definition) is 4. The van der Waals surface area contributed by atoms with Gasteiger partial charge in [-0.15, -0.1) is 0 Å². The molecule has 3 N–H and O–H groups in total. The minimum absolute atomic E-state index is 0.304. The van der Waals surface area contributed by atoms with Crippen LogP contribution in [0.2, 0.25) is 0 Å². The third-order valence-electron chi connectivity index (χ3n) is 2.84. The average molecular weight is 380 g/mol. The molecule has 0 heterocycles. The van der Waals surface area contributed by atoms with Gasteiger partial charge in [-0.3, -0.25) is 14.8 Å². The van der Waals surface area contributed by atoms with Crippen molar-refractivity contribution in [1.82, 2.24) is 10.9 Å². The van der Waals surface area contributed by atoms with Crippen LogP contribution in [0, 0.1) is 5.82 Å². The quantitative estimate of drug-likeness (QED) is 0.433. The Labute approximate surface area is 139 Å². The van der Waals surface area contributed by atoms with Gasteiger partial charge in [0.15, 0.2) is 0 Å². The smallest absolute Gasteiger partial charge is 0.277 e. The molecule has 0 saturated carbocycles. The molecule has 0 saturated heterocycles. The maximum atomic E-state index is 13.7. The highest BCUT2D eigenvalue weighted by atomic mass is 79.9. The highest BCUT2D eigenvalue weighted by molar-refractivity contribution is 9.10. The topological polar surface area (TPSA) is 90.8 Å². The maximum Gasteiger partial charge on any atom is 0.277 e. The van der Waals surface area contributed by atoms with Crippen molar-refractivity contribution in [3.8, 4) is 0 Å². The van der Waals surface area contributed by atoms with Crippen LogP contribution in [0.4, 0.5) is 4.39 Å². The van der Waals surface area contributed by atoms with E-state index in [1.54, 1.807) is 24.3 Å². The summed E-state index contributed by atoms with van der Waals surface area (Å²) in [6.07, 6.45) is 1.23. The van der Waals surface area contributed by atoms with Crippen molar-refractivity contribution in [2.24, 2.45) is 5.10 Å². The summed E-state index contributed by atoms with van der Waals surface area (Å²) < 4.78 is 14.3. The Hall–Kier alpha value is -2.58. The van der Waals surface area contributed by atoms with Crippen LogP contribution in [0.5, 0.6) is 0 Å². The maximum absolute atomic E-state index is 13.7. The van der Waals surface area contributed by atoms with Crippen molar-refractivity contribution in [3.63, 3.8) is 0 Å². The molecule has 23 heavy (non-hydrogen) atoms. The fraction of sp³-hybridized carbons (Fsp3) is 0. The second-order valence-electron chi connectivity index (χ2n) is 4.36. The van der Waals surface area contributed by atoms with Gasteiger partial charge >= 0.3 is 0 Å². The number of halogens is 2. The number of hydrazone groups is 1. The van der Waals surface area contributed by atoms with Crippen LogP contribution in [-0.4, -0.2) is 23.2 Å². The Bertz CT molecular complexity index is 780. The molecule has 0 aliphatic rings. The monoisotopic (exact) mass is 379 g/mol. The largest absolute Gasteiger partial charge is 0.288 e. The van der Waals surface area contributed by atoms with Gasteiger partial charge < -0.3 is 0 Å². The lowest BCUT2D eigenvalue weighted by molar-refractivity contribution is 0.0701. The number of amides is 2. The van der Waals surface area contributed by atoms with E-state index in [4.69, 9.17) is 5.21 Å². The summed E-state index contributed by atoms with van der Waals surface area (Å²) in [5, 5.41) is 12.2. The summed E-state index contributed by atoms with van der Waals surface area (Å²) >= 11 is 3.25. The van der Waals surface area contributed by atoms with Crippen molar-refractivity contribution >= 4 is 34.0 Å². The minimum Gasteiger partial charge on any atom is -0.288 e. The minimum atomic E-state index is -0.951. The summed E-state index contributed by atoms with van der Waals surface area (Å²) in [4.78, 5) is 23.0. The van der Waals surface area contributed by atoms with E-state index < -0.39 is 17.6 Å². The van der Waals surface area contributed by atoms with E-state index in [-0.39, 0.29) is 5.56 Å². The van der Waals surface area contributed by atoms with Gasteiger partial charge in [0, 0.05) is 4.47 Å². The first-order valence-electron chi connectivity index (χ1n) is 6.35. The van der Waals surface area contributed by atoms with Crippen LogP contribution in [0.1, 0.15) is 26.3 Å². The molecular weight excluding hydrogens is 369 g/mol. The Balaban J connectivity index is 2.06. The Morgan fingerprint density at radius 1 is 1.13 bits per heavy atom. The normalized spacial score (nSPS) is 10.6. The Kier molecular flexibility index (Phi) is 5.56. The predicted octanol–water partition coefficient (Wildman–Crippen LogP) is 2.47. The number of hydroxylamine groups is 1. The molecule has 0 aliphatic heterocycles. The second-order valence-corrected chi connectivity index (χ2v) is 5.21. The van der Waals surface area contributed by atoms with E-state index in [0.717, 1.165) is 6.07 Å². The summed E-state index contributed by atoms with van der Waals surface area (Å²) in [5.41, 5.74) is 4.11. The van der Waals surface area contributed by atoms with E-state index >= 15 is 0 Å². The van der Waals surface area contributed by atoms with Crippen LogP contribution < -0.4 is 10.9 Å². The number of hydrogen-bond donors (Lipinski definition) is 3. The third-order valence-corrected chi connectivity index (χ3v) is 3.53. The van der Waals surface area contributed by atoms with Gasteiger partial charge in [0.25, 0.3) is 11.8 Å². The van der Waals surface area contributed by atoms with Crippen molar-refractivity contribution < 1.29 is 19.2 Å². The first kappa shape index (κ1) is 16.8. The fourth-order valence-corrected chi connectivity index (χ4v) is 2.19. The van der Waals surface area contributed by atoms with Crippen LogP contribution in [-0.2, 0) is 0 Å². The molecule has 0 spiro atoms. The third kappa shape index (κ3) is 4.21. The first-order chi connectivity index (χ1) is 11.0. The molecule has 0 aliphatic carbocycles. The molecule has 6 nitrogen and oxygen atoms in total. The molecule has 0 radical (unpaired) electrons. The molecule has 0 bridgehead atoms. The molecule has 0 atom stereocenters. The summed E-state index contributed by atoms with van der Waals surface area (Å²) in [7, 11) is 0. The van der Waals surface area contributed by atoms with Gasteiger partial charge in [0.1, 0.15) is 5.82 Å². The van der Waals surface area contributed by atoms with Crippen molar-refractivity contribution in [2.75, 3.05) is 0 Å².